The molecule has 0 aliphatic heterocycles. The zero-order valence-electron chi connectivity index (χ0n) is 9.90. The monoisotopic (exact) mass is 255 g/mol. The Morgan fingerprint density at radius 3 is 2.22 bits per heavy atom. The van der Waals surface area contributed by atoms with Crippen molar-refractivity contribution in [3.63, 3.8) is 0 Å². The number of nitrogens with zero attached hydrogens (tertiary/aromatic N) is 2. The number of hydrogen-bond acceptors (Lipinski definition) is 2. The molecule has 0 aliphatic rings. The van der Waals surface area contributed by atoms with Crippen molar-refractivity contribution in [1.29, 1.82) is 0 Å². The second-order valence-corrected chi connectivity index (χ2v) is 3.88. The average molecular weight is 255 g/mol. The van der Waals surface area contributed by atoms with E-state index in [1.165, 1.54) is 18.8 Å². The van der Waals surface area contributed by atoms with Crippen LogP contribution < -0.4 is 10.3 Å². The molecule has 3 nitrogen and oxygen atoms in total. The van der Waals surface area contributed by atoms with E-state index in [2.05, 4.69) is 5.10 Å². The van der Waals surface area contributed by atoms with Gasteiger partial charge in [0.1, 0.15) is 5.75 Å². The van der Waals surface area contributed by atoms with E-state index in [0.29, 0.717) is 17.0 Å². The molecule has 2 aromatic rings. The van der Waals surface area contributed by atoms with Gasteiger partial charge in [-0.3, -0.25) is 4.68 Å². The maximum Gasteiger partial charge on any atom is 0.529 e. The lowest BCUT2D eigenvalue weighted by atomic mass is 9.86. The molecule has 0 saturated heterocycles. The van der Waals surface area contributed by atoms with Gasteiger partial charge in [0.05, 0.1) is 12.8 Å². The average Bonchev–Trinajstić information content (AvgIpc) is 2.71. The van der Waals surface area contributed by atoms with Gasteiger partial charge in [0.25, 0.3) is 0 Å². The van der Waals surface area contributed by atoms with Crippen molar-refractivity contribution in [1.82, 2.24) is 9.78 Å². The fraction of sp³-hybridized carbons (Fsp3) is 0.182. The minimum absolute atomic E-state index is 0.423. The highest BCUT2D eigenvalue weighted by molar-refractivity contribution is 6.72. The summed E-state index contributed by atoms with van der Waals surface area (Å²) in [5.41, 5.74) is 0.257. The van der Waals surface area contributed by atoms with Gasteiger partial charge >= 0.3 is 6.98 Å². The van der Waals surface area contributed by atoms with Gasteiger partial charge in [-0.2, -0.15) is 0 Å². The number of aryl methyl sites for hydroxylation is 1. The van der Waals surface area contributed by atoms with E-state index in [1.54, 1.807) is 24.3 Å². The summed E-state index contributed by atoms with van der Waals surface area (Å²) in [7, 11) is 3.02. The maximum atomic E-state index is 12.6. The molecular formula is C11H11BF3N2O-. The standard InChI is InChI=1S/C11H11BF3N2O/c1-17-10(7-11(16-17)12(13,14)15)8-3-5-9(18-2)6-4-8/h3-7H,1-2H3/q-1. The lowest BCUT2D eigenvalue weighted by molar-refractivity contribution is 0.415. The van der Waals surface area contributed by atoms with Crippen LogP contribution in [-0.4, -0.2) is 23.9 Å². The lowest BCUT2D eigenvalue weighted by Crippen LogP contribution is -2.35. The van der Waals surface area contributed by atoms with Crippen LogP contribution in [0.25, 0.3) is 11.3 Å². The van der Waals surface area contributed by atoms with Crippen LogP contribution in [0.1, 0.15) is 0 Å². The molecule has 0 spiro atoms. The molecule has 0 bridgehead atoms. The molecule has 96 valence electrons. The molecule has 0 aliphatic carbocycles. The fourth-order valence-corrected chi connectivity index (χ4v) is 1.68. The van der Waals surface area contributed by atoms with Crippen molar-refractivity contribution in [2.75, 3.05) is 7.11 Å². The van der Waals surface area contributed by atoms with E-state index in [0.717, 1.165) is 6.07 Å². The molecule has 0 atom stereocenters. The Kier molecular flexibility index (Phi) is 3.06. The van der Waals surface area contributed by atoms with Crippen molar-refractivity contribution in [3.8, 4) is 17.0 Å². The molecule has 0 unspecified atom stereocenters. The summed E-state index contributed by atoms with van der Waals surface area (Å²) in [6, 6.07) is 7.84. The number of benzene rings is 1. The summed E-state index contributed by atoms with van der Waals surface area (Å²) < 4.78 is 44.0. The van der Waals surface area contributed by atoms with Gasteiger partial charge in [-0.15, -0.1) is 0 Å². The Morgan fingerprint density at radius 1 is 1.17 bits per heavy atom. The minimum atomic E-state index is -5.07. The third-order valence-corrected chi connectivity index (χ3v) is 2.62. The van der Waals surface area contributed by atoms with Gasteiger partial charge in [0, 0.05) is 12.6 Å². The first-order valence-electron chi connectivity index (χ1n) is 5.30. The normalized spacial score (nSPS) is 11.6. The topological polar surface area (TPSA) is 27.1 Å². The smallest absolute Gasteiger partial charge is 0.497 e. The van der Waals surface area contributed by atoms with Gasteiger partial charge < -0.3 is 17.7 Å². The van der Waals surface area contributed by atoms with Crippen LogP contribution in [0, 0.1) is 0 Å². The van der Waals surface area contributed by atoms with Crippen LogP contribution in [-0.2, 0) is 7.05 Å². The zero-order valence-corrected chi connectivity index (χ0v) is 9.90. The molecule has 18 heavy (non-hydrogen) atoms. The summed E-state index contributed by atoms with van der Waals surface area (Å²) in [6.07, 6.45) is 0. The Morgan fingerprint density at radius 2 is 1.78 bits per heavy atom. The largest absolute Gasteiger partial charge is 0.529 e. The lowest BCUT2D eigenvalue weighted by Gasteiger charge is -2.08. The Bertz CT molecular complexity index is 548. The van der Waals surface area contributed by atoms with E-state index in [-0.39, 0.29) is 0 Å². The third kappa shape index (κ3) is 2.34. The van der Waals surface area contributed by atoms with Crippen LogP contribution in [0.3, 0.4) is 0 Å². The molecule has 7 heteroatoms. The van der Waals surface area contributed by atoms with Gasteiger partial charge in [0.2, 0.25) is 0 Å². The maximum absolute atomic E-state index is 12.6. The second-order valence-electron chi connectivity index (χ2n) is 3.88. The van der Waals surface area contributed by atoms with Crippen LogP contribution in [0.2, 0.25) is 0 Å². The number of ether oxygens (including phenoxy) is 1. The first-order chi connectivity index (χ1) is 8.41. The van der Waals surface area contributed by atoms with Crippen molar-refractivity contribution in [3.05, 3.63) is 30.3 Å². The SMILES string of the molecule is COc1ccc(-c2cc([B-](F)(F)F)nn2C)cc1. The van der Waals surface area contributed by atoms with Crippen molar-refractivity contribution < 1.29 is 17.7 Å². The predicted octanol–water partition coefficient (Wildman–Crippen LogP) is 2.15. The van der Waals surface area contributed by atoms with Crippen molar-refractivity contribution >= 4 is 12.6 Å². The van der Waals surface area contributed by atoms with Crippen LogP contribution in [0.15, 0.2) is 30.3 Å². The summed E-state index contributed by atoms with van der Waals surface area (Å²) in [5.74, 6) is 0.654. The number of methoxy groups -OCH3 is 1. The highest BCUT2D eigenvalue weighted by Crippen LogP contribution is 2.22. The van der Waals surface area contributed by atoms with E-state index < -0.39 is 12.6 Å². The predicted molar refractivity (Wildman–Crippen MR) is 63.9 cm³/mol. The van der Waals surface area contributed by atoms with Gasteiger partial charge in [-0.05, 0) is 35.9 Å². The minimum Gasteiger partial charge on any atom is -0.497 e. The molecule has 0 amide bonds. The van der Waals surface area contributed by atoms with Crippen molar-refractivity contribution in [2.24, 2.45) is 7.05 Å². The first kappa shape index (κ1) is 12.5. The number of halogens is 3. The number of hydrogen-bond donors (Lipinski definition) is 0. The van der Waals surface area contributed by atoms with E-state index >= 15 is 0 Å². The third-order valence-electron chi connectivity index (χ3n) is 2.62. The Labute approximate surface area is 102 Å². The molecule has 1 heterocycles. The zero-order chi connectivity index (χ0) is 13.3. The first-order valence-corrected chi connectivity index (χ1v) is 5.30. The number of aromatic nitrogens is 2. The summed E-state index contributed by atoms with van der Waals surface area (Å²) >= 11 is 0. The van der Waals surface area contributed by atoms with Crippen LogP contribution >= 0.6 is 0 Å². The number of rotatable bonds is 3. The molecule has 1 aromatic carbocycles. The van der Waals surface area contributed by atoms with E-state index in [9.17, 15) is 12.9 Å². The van der Waals surface area contributed by atoms with Crippen molar-refractivity contribution in [2.45, 2.75) is 0 Å². The van der Waals surface area contributed by atoms with Gasteiger partial charge in [0.15, 0.2) is 0 Å². The Balaban J connectivity index is 2.41. The van der Waals surface area contributed by atoms with Gasteiger partial charge in [-0.1, -0.05) is 0 Å². The van der Waals surface area contributed by atoms with Crippen LogP contribution in [0.5, 0.6) is 5.75 Å². The van der Waals surface area contributed by atoms with E-state index in [1.807, 2.05) is 0 Å². The summed E-state index contributed by atoms with van der Waals surface area (Å²) in [5, 5.41) is 3.49. The van der Waals surface area contributed by atoms with E-state index in [4.69, 9.17) is 4.74 Å². The molecule has 1 aromatic heterocycles. The highest BCUT2D eigenvalue weighted by atomic mass is 19.4. The molecule has 2 rings (SSSR count). The Hall–Kier alpha value is -1.92. The quantitative estimate of drug-likeness (QED) is 0.785. The molecule has 0 N–H and O–H groups in total. The van der Waals surface area contributed by atoms with Crippen LogP contribution in [0.4, 0.5) is 12.9 Å². The summed E-state index contributed by atoms with van der Waals surface area (Å²) in [4.78, 5) is 0. The highest BCUT2D eigenvalue weighted by Gasteiger charge is 2.29. The molecular weight excluding hydrogens is 244 g/mol. The molecule has 0 radical (unpaired) electrons. The molecule has 0 fully saturated rings. The van der Waals surface area contributed by atoms with Gasteiger partial charge in [-0.25, -0.2) is 5.10 Å². The fourth-order valence-electron chi connectivity index (χ4n) is 1.68. The molecule has 0 saturated carbocycles. The summed E-state index contributed by atoms with van der Waals surface area (Å²) in [6.45, 7) is -5.07. The second kappa shape index (κ2) is 4.40.